The Morgan fingerprint density at radius 2 is 2.03 bits per heavy atom. The molecule has 0 aromatic carbocycles. The summed E-state index contributed by atoms with van der Waals surface area (Å²) in [6, 6.07) is -0.345. The number of aliphatic hydroxyl groups is 1. The summed E-state index contributed by atoms with van der Waals surface area (Å²) in [5.41, 5.74) is 0.889. The molecule has 0 bridgehead atoms. The van der Waals surface area contributed by atoms with Gasteiger partial charge in [-0.2, -0.15) is 0 Å². The van der Waals surface area contributed by atoms with Gasteiger partial charge in [-0.3, -0.25) is 14.4 Å². The van der Waals surface area contributed by atoms with Gasteiger partial charge in [0, 0.05) is 32.2 Å². The van der Waals surface area contributed by atoms with E-state index in [0.29, 0.717) is 11.4 Å². The van der Waals surface area contributed by atoms with E-state index in [1.54, 1.807) is 11.9 Å². The second kappa shape index (κ2) is 11.7. The number of amides is 2. The first-order valence-electron chi connectivity index (χ1n) is 9.59. The number of aromatic nitrogens is 1. The lowest BCUT2D eigenvalue weighted by molar-refractivity contribution is -0.147. The van der Waals surface area contributed by atoms with Crippen LogP contribution in [0.5, 0.6) is 0 Å². The number of nitrogens with zero attached hydrogens (tertiary/aromatic N) is 2. The third-order valence-corrected chi connectivity index (χ3v) is 5.23. The summed E-state index contributed by atoms with van der Waals surface area (Å²) in [4.78, 5) is 42.1. The summed E-state index contributed by atoms with van der Waals surface area (Å²) in [5, 5.41) is 13.6. The van der Waals surface area contributed by atoms with Gasteiger partial charge in [-0.25, -0.2) is 4.98 Å². The molecule has 1 heterocycles. The monoisotopic (exact) mass is 425 g/mol. The van der Waals surface area contributed by atoms with E-state index in [9.17, 15) is 19.5 Å². The lowest BCUT2D eigenvalue weighted by Gasteiger charge is -2.31. The van der Waals surface area contributed by atoms with Crippen molar-refractivity contribution in [2.45, 2.75) is 71.8 Å². The molecule has 8 nitrogen and oxygen atoms in total. The zero-order valence-electron chi connectivity index (χ0n) is 17.7. The number of aliphatic hydroxyl groups excluding tert-OH is 1. The van der Waals surface area contributed by atoms with Gasteiger partial charge in [0.2, 0.25) is 5.91 Å². The molecule has 1 aromatic heterocycles. The van der Waals surface area contributed by atoms with E-state index in [0.717, 1.165) is 18.4 Å². The first-order valence-corrected chi connectivity index (χ1v) is 10.5. The average Bonchev–Trinajstić information content (AvgIpc) is 3.11. The van der Waals surface area contributed by atoms with Crippen LogP contribution in [0.2, 0.25) is 0 Å². The van der Waals surface area contributed by atoms with Crippen molar-refractivity contribution in [3.05, 3.63) is 28.2 Å². The third kappa shape index (κ3) is 7.94. The molecule has 9 heteroatoms. The summed E-state index contributed by atoms with van der Waals surface area (Å²) in [7, 11) is 1.71. The number of hydrogen-bond acceptors (Lipinski definition) is 7. The van der Waals surface area contributed by atoms with Crippen LogP contribution < -0.4 is 5.32 Å². The van der Waals surface area contributed by atoms with Crippen LogP contribution in [-0.4, -0.2) is 52.1 Å². The van der Waals surface area contributed by atoms with Gasteiger partial charge in [-0.05, 0) is 20.3 Å². The van der Waals surface area contributed by atoms with E-state index in [-0.39, 0.29) is 24.1 Å². The summed E-state index contributed by atoms with van der Waals surface area (Å²) < 4.78 is 5.45. The van der Waals surface area contributed by atoms with Gasteiger partial charge in [0.1, 0.15) is 16.9 Å². The highest BCUT2D eigenvalue weighted by Gasteiger charge is 2.29. The van der Waals surface area contributed by atoms with Crippen molar-refractivity contribution in [1.82, 2.24) is 15.2 Å². The Hall–Kier alpha value is -2.26. The molecule has 0 aliphatic rings. The number of ether oxygens (including phenoxy) is 1. The topological polar surface area (TPSA) is 109 Å². The summed E-state index contributed by atoms with van der Waals surface area (Å²) in [6.07, 6.45) is 0.711. The fourth-order valence-electron chi connectivity index (χ4n) is 2.77. The normalized spacial score (nSPS) is 13.9. The molecule has 0 spiro atoms. The molecule has 2 amide bonds. The molecule has 0 radical (unpaired) electrons. The Labute approximate surface area is 176 Å². The zero-order chi connectivity index (χ0) is 22.1. The van der Waals surface area contributed by atoms with Crippen LogP contribution in [0.25, 0.3) is 0 Å². The zero-order valence-corrected chi connectivity index (χ0v) is 18.5. The van der Waals surface area contributed by atoms with E-state index in [1.165, 1.54) is 30.6 Å². The van der Waals surface area contributed by atoms with E-state index in [2.05, 4.69) is 16.9 Å². The van der Waals surface area contributed by atoms with Gasteiger partial charge in [0.05, 0.1) is 6.04 Å². The quantitative estimate of drug-likeness (QED) is 0.321. The minimum atomic E-state index is -1.01. The first kappa shape index (κ1) is 24.8. The van der Waals surface area contributed by atoms with Gasteiger partial charge in [0.15, 0.2) is 6.10 Å². The molecule has 0 aliphatic heterocycles. The molecule has 0 saturated carbocycles. The average molecular weight is 426 g/mol. The second-order valence-corrected chi connectivity index (χ2v) is 7.91. The first-order chi connectivity index (χ1) is 13.6. The van der Waals surface area contributed by atoms with Crippen LogP contribution >= 0.6 is 11.3 Å². The third-order valence-electron chi connectivity index (χ3n) is 4.29. The van der Waals surface area contributed by atoms with Gasteiger partial charge in [0.25, 0.3) is 5.91 Å². The maximum atomic E-state index is 12.5. The maximum Gasteiger partial charge on any atom is 0.303 e. The molecule has 162 valence electrons. The number of rotatable bonds is 11. The lowest BCUT2D eigenvalue weighted by Crippen LogP contribution is -2.39. The van der Waals surface area contributed by atoms with Crippen molar-refractivity contribution in [3.8, 4) is 0 Å². The predicted molar refractivity (Wildman–Crippen MR) is 111 cm³/mol. The molecule has 29 heavy (non-hydrogen) atoms. The Kier molecular flexibility index (Phi) is 9.97. The Balaban J connectivity index is 3.06. The standard InChI is InChI=1S/C20H31N3O5S/c1-7-8-9-18(26)23(6)16(12(2)3)10-17(28-14(5)25)20-22-15(11-29-20)19(27)21-13(4)24/h11,13,16-17,24H,2,7-10H2,1,3-6H3,(H,21,27)/t13?,16-,17-/m1/s1. The molecule has 2 N–H and O–H groups in total. The summed E-state index contributed by atoms with van der Waals surface area (Å²) >= 11 is 1.18. The highest BCUT2D eigenvalue weighted by molar-refractivity contribution is 7.09. The molecule has 0 saturated heterocycles. The van der Waals surface area contributed by atoms with Crippen LogP contribution in [0.3, 0.4) is 0 Å². The predicted octanol–water partition coefficient (Wildman–Crippen LogP) is 2.80. The Morgan fingerprint density at radius 1 is 1.38 bits per heavy atom. The molecule has 0 aliphatic carbocycles. The molecule has 1 aromatic rings. The number of carbonyl (C=O) groups excluding carboxylic acids is 3. The van der Waals surface area contributed by atoms with Crippen molar-refractivity contribution in [2.24, 2.45) is 0 Å². The fourth-order valence-corrected chi connectivity index (χ4v) is 3.61. The van der Waals surface area contributed by atoms with Crippen LogP contribution in [0.4, 0.5) is 0 Å². The molecule has 0 fully saturated rings. The number of unbranched alkanes of at least 4 members (excludes halogenated alkanes) is 1. The SMILES string of the molecule is C=C(C)[C@@H](C[C@@H](OC(C)=O)c1nc(C(=O)NC(C)O)cs1)N(C)C(=O)CCCC. The lowest BCUT2D eigenvalue weighted by atomic mass is 10.0. The summed E-state index contributed by atoms with van der Waals surface area (Å²) in [6.45, 7) is 10.6. The Bertz CT molecular complexity index is 731. The van der Waals surface area contributed by atoms with E-state index in [1.807, 2.05) is 13.8 Å². The number of nitrogens with one attached hydrogen (secondary N) is 1. The molecular formula is C20H31N3O5S. The highest BCUT2D eigenvalue weighted by atomic mass is 32.1. The van der Waals surface area contributed by atoms with Crippen molar-refractivity contribution in [1.29, 1.82) is 0 Å². The number of esters is 1. The van der Waals surface area contributed by atoms with Crippen LogP contribution in [0.1, 0.15) is 75.0 Å². The van der Waals surface area contributed by atoms with Crippen LogP contribution in [0, 0.1) is 0 Å². The molecule has 3 atom stereocenters. The van der Waals surface area contributed by atoms with Crippen molar-refractivity contribution in [2.75, 3.05) is 7.05 Å². The van der Waals surface area contributed by atoms with Crippen LogP contribution in [-0.2, 0) is 14.3 Å². The van der Waals surface area contributed by atoms with Gasteiger partial charge < -0.3 is 20.1 Å². The number of hydrogen-bond donors (Lipinski definition) is 2. The van der Waals surface area contributed by atoms with Crippen molar-refractivity contribution >= 4 is 29.1 Å². The van der Waals surface area contributed by atoms with E-state index in [4.69, 9.17) is 4.74 Å². The van der Waals surface area contributed by atoms with E-state index < -0.39 is 24.2 Å². The second-order valence-electron chi connectivity index (χ2n) is 7.02. The number of thiazole rings is 1. The molecule has 1 unspecified atom stereocenters. The van der Waals surface area contributed by atoms with E-state index >= 15 is 0 Å². The largest absolute Gasteiger partial charge is 0.455 e. The number of likely N-dealkylation sites (N-methyl/N-ethyl adjacent to an activating group) is 1. The van der Waals surface area contributed by atoms with Gasteiger partial charge >= 0.3 is 5.97 Å². The van der Waals surface area contributed by atoms with Crippen LogP contribution in [0.15, 0.2) is 17.5 Å². The molecule has 1 rings (SSSR count). The highest BCUT2D eigenvalue weighted by Crippen LogP contribution is 2.30. The maximum absolute atomic E-state index is 12.5. The fraction of sp³-hybridized carbons (Fsp3) is 0.600. The number of carbonyl (C=O) groups is 3. The van der Waals surface area contributed by atoms with Gasteiger partial charge in [-0.15, -0.1) is 11.3 Å². The Morgan fingerprint density at radius 3 is 2.55 bits per heavy atom. The minimum Gasteiger partial charge on any atom is -0.455 e. The van der Waals surface area contributed by atoms with Crippen molar-refractivity contribution in [3.63, 3.8) is 0 Å². The minimum absolute atomic E-state index is 0.00226. The molecular weight excluding hydrogens is 394 g/mol. The van der Waals surface area contributed by atoms with Crippen molar-refractivity contribution < 1.29 is 24.2 Å². The summed E-state index contributed by atoms with van der Waals surface area (Å²) in [5.74, 6) is -1.01. The smallest absolute Gasteiger partial charge is 0.303 e. The van der Waals surface area contributed by atoms with Gasteiger partial charge in [-0.1, -0.05) is 25.5 Å².